The molecule has 0 bridgehead atoms. The van der Waals surface area contributed by atoms with Crippen LogP contribution in [-0.2, 0) is 16.6 Å². The van der Waals surface area contributed by atoms with Gasteiger partial charge in [0.15, 0.2) is 0 Å². The number of aromatic nitrogens is 1. The SMILES string of the molecule is CC1(C)CC1(CNC(=O)Cc1ccccn1)c1ccc(F)cc1F. The number of nitrogens with zero attached hydrogens (tertiary/aromatic N) is 1. The van der Waals surface area contributed by atoms with E-state index in [4.69, 9.17) is 0 Å². The van der Waals surface area contributed by atoms with Crippen LogP contribution in [0, 0.1) is 17.0 Å². The Labute approximate surface area is 140 Å². The van der Waals surface area contributed by atoms with Crippen molar-refractivity contribution in [3.05, 3.63) is 65.5 Å². The Kier molecular flexibility index (Phi) is 4.11. The number of hydrogen-bond donors (Lipinski definition) is 1. The molecule has 1 aliphatic rings. The molecule has 0 radical (unpaired) electrons. The van der Waals surface area contributed by atoms with E-state index < -0.39 is 17.0 Å². The van der Waals surface area contributed by atoms with Crippen molar-refractivity contribution in [2.45, 2.75) is 32.1 Å². The first-order valence-electron chi connectivity index (χ1n) is 7.96. The van der Waals surface area contributed by atoms with Crippen LogP contribution < -0.4 is 5.32 Å². The third kappa shape index (κ3) is 3.03. The number of carbonyl (C=O) groups is 1. The summed E-state index contributed by atoms with van der Waals surface area (Å²) in [5, 5.41) is 2.89. The highest BCUT2D eigenvalue weighted by molar-refractivity contribution is 5.78. The van der Waals surface area contributed by atoms with Gasteiger partial charge >= 0.3 is 0 Å². The third-order valence-electron chi connectivity index (χ3n) is 5.02. The molecule has 5 heteroatoms. The molecular weight excluding hydrogens is 310 g/mol. The second kappa shape index (κ2) is 5.96. The first-order valence-corrected chi connectivity index (χ1v) is 7.96. The Bertz CT molecular complexity index is 761. The minimum Gasteiger partial charge on any atom is -0.355 e. The molecule has 24 heavy (non-hydrogen) atoms. The lowest BCUT2D eigenvalue weighted by Crippen LogP contribution is -2.36. The quantitative estimate of drug-likeness (QED) is 0.913. The van der Waals surface area contributed by atoms with E-state index in [0.29, 0.717) is 17.8 Å². The van der Waals surface area contributed by atoms with Gasteiger partial charge in [-0.2, -0.15) is 0 Å². The molecule has 1 aliphatic carbocycles. The van der Waals surface area contributed by atoms with Crippen molar-refractivity contribution >= 4 is 5.91 Å². The average molecular weight is 330 g/mol. The second-order valence-electron chi connectivity index (χ2n) is 7.04. The topological polar surface area (TPSA) is 42.0 Å². The largest absolute Gasteiger partial charge is 0.355 e. The fraction of sp³-hybridized carbons (Fsp3) is 0.368. The number of rotatable bonds is 5. The summed E-state index contributed by atoms with van der Waals surface area (Å²) >= 11 is 0. The molecule has 1 heterocycles. The summed E-state index contributed by atoms with van der Waals surface area (Å²) in [4.78, 5) is 16.3. The van der Waals surface area contributed by atoms with Crippen LogP contribution in [0.4, 0.5) is 8.78 Å². The molecule has 1 N–H and O–H groups in total. The van der Waals surface area contributed by atoms with Gasteiger partial charge in [0.05, 0.1) is 6.42 Å². The summed E-state index contributed by atoms with van der Waals surface area (Å²) in [5.74, 6) is -1.30. The van der Waals surface area contributed by atoms with E-state index >= 15 is 0 Å². The molecular formula is C19H20F2N2O. The minimum atomic E-state index is -0.593. The normalized spacial score (nSPS) is 21.3. The van der Waals surface area contributed by atoms with E-state index in [2.05, 4.69) is 10.3 Å². The molecule has 1 saturated carbocycles. The standard InChI is InChI=1S/C19H20F2N2O/c1-18(2)11-19(18,15-7-6-13(20)9-16(15)21)12-23-17(24)10-14-5-3-4-8-22-14/h3-9H,10-12H2,1-2H3,(H,23,24). The monoisotopic (exact) mass is 330 g/mol. The Balaban J connectivity index is 1.72. The second-order valence-corrected chi connectivity index (χ2v) is 7.04. The van der Waals surface area contributed by atoms with Crippen LogP contribution in [0.25, 0.3) is 0 Å². The van der Waals surface area contributed by atoms with Gasteiger partial charge in [-0.25, -0.2) is 8.78 Å². The van der Waals surface area contributed by atoms with Gasteiger partial charge < -0.3 is 5.32 Å². The lowest BCUT2D eigenvalue weighted by Gasteiger charge is -2.22. The Morgan fingerprint density at radius 1 is 1.25 bits per heavy atom. The van der Waals surface area contributed by atoms with Crippen LogP contribution in [-0.4, -0.2) is 17.4 Å². The first kappa shape index (κ1) is 16.6. The zero-order valence-corrected chi connectivity index (χ0v) is 13.8. The van der Waals surface area contributed by atoms with E-state index in [-0.39, 0.29) is 17.7 Å². The molecule has 0 saturated heterocycles. The first-order chi connectivity index (χ1) is 11.3. The van der Waals surface area contributed by atoms with Crippen molar-refractivity contribution in [1.29, 1.82) is 0 Å². The molecule has 2 aromatic rings. The number of hydrogen-bond acceptors (Lipinski definition) is 2. The summed E-state index contributed by atoms with van der Waals surface area (Å²) in [5.41, 5.74) is 0.508. The van der Waals surface area contributed by atoms with Crippen LogP contribution in [0.5, 0.6) is 0 Å². The van der Waals surface area contributed by atoms with E-state index in [0.717, 1.165) is 12.5 Å². The smallest absolute Gasteiger partial charge is 0.226 e. The van der Waals surface area contributed by atoms with E-state index in [1.54, 1.807) is 18.3 Å². The van der Waals surface area contributed by atoms with Crippen molar-refractivity contribution in [3.8, 4) is 0 Å². The van der Waals surface area contributed by atoms with Gasteiger partial charge in [-0.3, -0.25) is 9.78 Å². The van der Waals surface area contributed by atoms with Gasteiger partial charge in [-0.15, -0.1) is 0 Å². The number of halogens is 2. The third-order valence-corrected chi connectivity index (χ3v) is 5.02. The summed E-state index contributed by atoms with van der Waals surface area (Å²) in [6.45, 7) is 4.38. The van der Waals surface area contributed by atoms with Gasteiger partial charge in [0, 0.05) is 29.9 Å². The molecule has 1 unspecified atom stereocenters. The van der Waals surface area contributed by atoms with Crippen LogP contribution in [0.1, 0.15) is 31.5 Å². The average Bonchev–Trinajstić information content (AvgIpc) is 3.08. The van der Waals surface area contributed by atoms with Crippen molar-refractivity contribution in [3.63, 3.8) is 0 Å². The van der Waals surface area contributed by atoms with Crippen molar-refractivity contribution < 1.29 is 13.6 Å². The molecule has 1 fully saturated rings. The Hall–Kier alpha value is -2.30. The highest BCUT2D eigenvalue weighted by Crippen LogP contribution is 2.64. The van der Waals surface area contributed by atoms with Gasteiger partial charge in [0.25, 0.3) is 0 Å². The molecule has 3 nitrogen and oxygen atoms in total. The van der Waals surface area contributed by atoms with Gasteiger partial charge in [0.2, 0.25) is 5.91 Å². The van der Waals surface area contributed by atoms with Crippen LogP contribution in [0.15, 0.2) is 42.6 Å². The number of pyridine rings is 1. The molecule has 3 rings (SSSR count). The molecule has 1 atom stereocenters. The van der Waals surface area contributed by atoms with E-state index in [1.807, 2.05) is 19.9 Å². The zero-order chi connectivity index (χ0) is 17.4. The zero-order valence-electron chi connectivity index (χ0n) is 13.8. The maximum Gasteiger partial charge on any atom is 0.226 e. The molecule has 126 valence electrons. The highest BCUT2D eigenvalue weighted by atomic mass is 19.1. The van der Waals surface area contributed by atoms with Crippen molar-refractivity contribution in [2.75, 3.05) is 6.54 Å². The maximum atomic E-state index is 14.2. The number of benzene rings is 1. The van der Waals surface area contributed by atoms with E-state index in [1.165, 1.54) is 12.1 Å². The minimum absolute atomic E-state index is 0.149. The molecule has 1 amide bonds. The van der Waals surface area contributed by atoms with Gasteiger partial charge in [-0.05, 0) is 35.6 Å². The van der Waals surface area contributed by atoms with Crippen molar-refractivity contribution in [2.24, 2.45) is 5.41 Å². The summed E-state index contributed by atoms with van der Waals surface area (Å²) in [6.07, 6.45) is 2.57. The maximum absolute atomic E-state index is 14.2. The fourth-order valence-corrected chi connectivity index (χ4v) is 3.42. The summed E-state index contributed by atoms with van der Waals surface area (Å²) < 4.78 is 27.4. The van der Waals surface area contributed by atoms with E-state index in [9.17, 15) is 13.6 Å². The predicted molar refractivity (Wildman–Crippen MR) is 87.4 cm³/mol. The Morgan fingerprint density at radius 3 is 2.58 bits per heavy atom. The number of nitrogens with one attached hydrogen (secondary N) is 1. The van der Waals surface area contributed by atoms with Crippen molar-refractivity contribution in [1.82, 2.24) is 10.3 Å². The number of carbonyl (C=O) groups excluding carboxylic acids is 1. The van der Waals surface area contributed by atoms with Crippen LogP contribution >= 0.6 is 0 Å². The molecule has 0 aliphatic heterocycles. The number of amides is 1. The molecule has 0 spiro atoms. The molecule has 1 aromatic heterocycles. The predicted octanol–water partition coefficient (Wildman–Crippen LogP) is 3.39. The lowest BCUT2D eigenvalue weighted by molar-refractivity contribution is -0.120. The Morgan fingerprint density at radius 2 is 2.00 bits per heavy atom. The fourth-order valence-electron chi connectivity index (χ4n) is 3.42. The summed E-state index contributed by atoms with van der Waals surface area (Å²) in [7, 11) is 0. The van der Waals surface area contributed by atoms with Crippen LogP contribution in [0.2, 0.25) is 0 Å². The summed E-state index contributed by atoms with van der Waals surface area (Å²) in [6, 6.07) is 9.07. The lowest BCUT2D eigenvalue weighted by atomic mass is 9.87. The highest BCUT2D eigenvalue weighted by Gasteiger charge is 2.62. The van der Waals surface area contributed by atoms with Crippen LogP contribution in [0.3, 0.4) is 0 Å². The van der Waals surface area contributed by atoms with Gasteiger partial charge in [0.1, 0.15) is 11.6 Å². The van der Waals surface area contributed by atoms with Gasteiger partial charge in [-0.1, -0.05) is 26.0 Å². The molecule has 1 aromatic carbocycles.